The first-order chi connectivity index (χ1) is 8.75. The van der Waals surface area contributed by atoms with E-state index >= 15 is 0 Å². The summed E-state index contributed by atoms with van der Waals surface area (Å²) in [5.74, 6) is 1.38. The van der Waals surface area contributed by atoms with E-state index in [-0.39, 0.29) is 11.9 Å². The minimum absolute atomic E-state index is 0.00194. The zero-order chi connectivity index (χ0) is 12.5. The van der Waals surface area contributed by atoms with Crippen molar-refractivity contribution in [3.05, 3.63) is 22.6 Å². The lowest BCUT2D eigenvalue weighted by Gasteiger charge is -2.42. The van der Waals surface area contributed by atoms with Crippen LogP contribution in [0.15, 0.2) is 21.2 Å². The van der Waals surface area contributed by atoms with Crippen molar-refractivity contribution >= 4 is 33.6 Å². The Morgan fingerprint density at radius 3 is 3.17 bits per heavy atom. The van der Waals surface area contributed by atoms with Crippen LogP contribution >= 0.6 is 27.7 Å². The highest BCUT2D eigenvalue weighted by atomic mass is 79.9. The molecule has 0 aromatic carbocycles. The molecule has 6 heteroatoms. The van der Waals surface area contributed by atoms with Gasteiger partial charge in [-0.25, -0.2) is 0 Å². The van der Waals surface area contributed by atoms with Gasteiger partial charge in [0.25, 0.3) is 5.91 Å². The van der Waals surface area contributed by atoms with Gasteiger partial charge in [0.2, 0.25) is 0 Å². The number of halogens is 1. The van der Waals surface area contributed by atoms with Crippen LogP contribution in [0, 0.1) is 0 Å². The van der Waals surface area contributed by atoms with Gasteiger partial charge in [0.15, 0.2) is 10.4 Å². The number of amides is 1. The maximum atomic E-state index is 12.4. The van der Waals surface area contributed by atoms with E-state index in [0.29, 0.717) is 15.7 Å². The molecule has 3 rings (SSSR count). The van der Waals surface area contributed by atoms with Crippen molar-refractivity contribution in [2.45, 2.75) is 17.7 Å². The predicted molar refractivity (Wildman–Crippen MR) is 72.9 cm³/mol. The number of thioether (sulfide) groups is 1. The fourth-order valence-electron chi connectivity index (χ4n) is 2.51. The van der Waals surface area contributed by atoms with Crippen molar-refractivity contribution in [2.24, 2.45) is 0 Å². The Balaban J connectivity index is 1.79. The van der Waals surface area contributed by atoms with Crippen LogP contribution in [0.3, 0.4) is 0 Å². The summed E-state index contributed by atoms with van der Waals surface area (Å²) < 4.78 is 11.5. The Morgan fingerprint density at radius 2 is 2.39 bits per heavy atom. The van der Waals surface area contributed by atoms with E-state index in [2.05, 4.69) is 15.9 Å². The van der Waals surface area contributed by atoms with Crippen LogP contribution in [-0.4, -0.2) is 47.6 Å². The molecule has 0 N–H and O–H groups in total. The van der Waals surface area contributed by atoms with Crippen LogP contribution in [0.4, 0.5) is 0 Å². The number of hydrogen-bond acceptors (Lipinski definition) is 4. The van der Waals surface area contributed by atoms with Crippen LogP contribution in [0.2, 0.25) is 0 Å². The van der Waals surface area contributed by atoms with Crippen molar-refractivity contribution in [3.63, 3.8) is 0 Å². The summed E-state index contributed by atoms with van der Waals surface area (Å²) in [5, 5.41) is 0.412. The van der Waals surface area contributed by atoms with Crippen LogP contribution in [0.25, 0.3) is 0 Å². The third kappa shape index (κ3) is 2.33. The Bertz CT molecular complexity index is 448. The molecule has 1 amide bonds. The lowest BCUT2D eigenvalue weighted by Crippen LogP contribution is -2.54. The minimum atomic E-state index is -0.00194. The van der Waals surface area contributed by atoms with Crippen molar-refractivity contribution < 1.29 is 13.9 Å². The maximum absolute atomic E-state index is 12.4. The summed E-state index contributed by atoms with van der Waals surface area (Å²) in [6.07, 6.45) is 0.922. The third-order valence-corrected chi connectivity index (χ3v) is 5.10. The van der Waals surface area contributed by atoms with Crippen molar-refractivity contribution in [1.29, 1.82) is 0 Å². The molecule has 2 fully saturated rings. The molecule has 0 unspecified atom stereocenters. The smallest absolute Gasteiger partial charge is 0.289 e. The quantitative estimate of drug-likeness (QED) is 0.792. The first kappa shape index (κ1) is 12.6. The molecule has 0 saturated carbocycles. The lowest BCUT2D eigenvalue weighted by atomic mass is 10.1. The highest BCUT2D eigenvalue weighted by Crippen LogP contribution is 2.31. The van der Waals surface area contributed by atoms with Crippen molar-refractivity contribution in [1.82, 2.24) is 4.90 Å². The Morgan fingerprint density at radius 1 is 1.50 bits per heavy atom. The van der Waals surface area contributed by atoms with Crippen molar-refractivity contribution in [3.8, 4) is 0 Å². The van der Waals surface area contributed by atoms with E-state index in [0.717, 1.165) is 31.9 Å². The number of ether oxygens (including phenoxy) is 1. The molecule has 2 aliphatic heterocycles. The standard InChI is InChI=1S/C12H14BrNO3S/c13-11-2-1-9(17-11)12(15)14-4-6-18-10-7-16-5-3-8(10)14/h1-2,8,10H,3-7H2/t8-,10-/m0/s1. The van der Waals surface area contributed by atoms with Gasteiger partial charge in [0, 0.05) is 30.2 Å². The molecule has 3 heterocycles. The van der Waals surface area contributed by atoms with Gasteiger partial charge in [-0.2, -0.15) is 11.8 Å². The Labute approximate surface area is 118 Å². The van der Waals surface area contributed by atoms with Gasteiger partial charge >= 0.3 is 0 Å². The largest absolute Gasteiger partial charge is 0.444 e. The van der Waals surface area contributed by atoms with E-state index in [1.165, 1.54) is 0 Å². The average Bonchev–Trinajstić information content (AvgIpc) is 2.84. The summed E-state index contributed by atoms with van der Waals surface area (Å²) in [5.41, 5.74) is 0. The highest BCUT2D eigenvalue weighted by Gasteiger charge is 2.37. The van der Waals surface area contributed by atoms with Crippen LogP contribution in [-0.2, 0) is 4.74 Å². The number of fused-ring (bicyclic) bond motifs is 1. The van der Waals surface area contributed by atoms with Gasteiger partial charge < -0.3 is 14.1 Å². The number of rotatable bonds is 1. The molecule has 1 aromatic rings. The number of carbonyl (C=O) groups excluding carboxylic acids is 1. The molecule has 98 valence electrons. The molecule has 2 saturated heterocycles. The summed E-state index contributed by atoms with van der Waals surface area (Å²) in [7, 11) is 0. The molecule has 2 aliphatic rings. The fourth-order valence-corrected chi connectivity index (χ4v) is 4.12. The molecular weight excluding hydrogens is 318 g/mol. The first-order valence-corrected chi connectivity index (χ1v) is 7.85. The highest BCUT2D eigenvalue weighted by molar-refractivity contribution is 9.10. The van der Waals surface area contributed by atoms with Gasteiger partial charge in [0.05, 0.1) is 6.61 Å². The van der Waals surface area contributed by atoms with E-state index in [4.69, 9.17) is 9.15 Å². The van der Waals surface area contributed by atoms with E-state index in [9.17, 15) is 4.79 Å². The summed E-state index contributed by atoms with van der Waals surface area (Å²) >= 11 is 5.14. The Kier molecular flexibility index (Phi) is 3.68. The van der Waals surface area contributed by atoms with Crippen molar-refractivity contribution in [2.75, 3.05) is 25.5 Å². The molecule has 1 aromatic heterocycles. The minimum Gasteiger partial charge on any atom is -0.444 e. The number of carbonyl (C=O) groups is 1. The summed E-state index contributed by atoms with van der Waals surface area (Å²) in [6, 6.07) is 3.77. The zero-order valence-electron chi connectivity index (χ0n) is 9.80. The predicted octanol–water partition coefficient (Wildman–Crippen LogP) is 2.39. The second kappa shape index (κ2) is 5.27. The van der Waals surface area contributed by atoms with Crippen LogP contribution in [0.5, 0.6) is 0 Å². The normalized spacial score (nSPS) is 27.9. The second-order valence-corrected chi connectivity index (χ2v) is 6.57. The molecule has 0 bridgehead atoms. The summed E-state index contributed by atoms with van der Waals surface area (Å²) in [6.45, 7) is 2.29. The van der Waals surface area contributed by atoms with Crippen LogP contribution < -0.4 is 0 Å². The van der Waals surface area contributed by atoms with Gasteiger partial charge in [-0.05, 0) is 34.5 Å². The van der Waals surface area contributed by atoms with E-state index in [1.54, 1.807) is 12.1 Å². The number of nitrogens with zero attached hydrogens (tertiary/aromatic N) is 1. The van der Waals surface area contributed by atoms with Crippen LogP contribution in [0.1, 0.15) is 17.0 Å². The third-order valence-electron chi connectivity index (χ3n) is 3.38. The molecule has 18 heavy (non-hydrogen) atoms. The number of furan rings is 1. The van der Waals surface area contributed by atoms with E-state index in [1.807, 2.05) is 16.7 Å². The molecular formula is C12H14BrNO3S. The fraction of sp³-hybridized carbons (Fsp3) is 0.583. The molecule has 0 radical (unpaired) electrons. The van der Waals surface area contributed by atoms with Gasteiger partial charge in [-0.1, -0.05) is 0 Å². The lowest BCUT2D eigenvalue weighted by molar-refractivity contribution is 0.0300. The topological polar surface area (TPSA) is 42.7 Å². The maximum Gasteiger partial charge on any atom is 0.289 e. The number of hydrogen-bond donors (Lipinski definition) is 0. The van der Waals surface area contributed by atoms with Gasteiger partial charge in [-0.3, -0.25) is 4.79 Å². The van der Waals surface area contributed by atoms with E-state index < -0.39 is 0 Å². The molecule has 0 spiro atoms. The first-order valence-electron chi connectivity index (χ1n) is 6.01. The monoisotopic (exact) mass is 331 g/mol. The second-order valence-electron chi connectivity index (χ2n) is 4.44. The van der Waals surface area contributed by atoms with Gasteiger partial charge in [-0.15, -0.1) is 0 Å². The Hall–Kier alpha value is -0.460. The molecule has 2 atom stereocenters. The molecule has 0 aliphatic carbocycles. The average molecular weight is 332 g/mol. The summed E-state index contributed by atoms with van der Waals surface area (Å²) in [4.78, 5) is 14.4. The van der Waals surface area contributed by atoms with Gasteiger partial charge in [0.1, 0.15) is 0 Å². The SMILES string of the molecule is O=C(c1ccc(Br)o1)N1CCS[C@H]2COCC[C@@H]21. The zero-order valence-corrected chi connectivity index (χ0v) is 12.2. The molecule has 4 nitrogen and oxygen atoms in total.